The van der Waals surface area contributed by atoms with Crippen molar-refractivity contribution in [3.8, 4) is 0 Å². The molecular weight excluding hydrogens is 296 g/mol. The summed E-state index contributed by atoms with van der Waals surface area (Å²) in [7, 11) is 0. The zero-order chi connectivity index (χ0) is 15.4. The first-order valence-corrected chi connectivity index (χ1v) is 6.60. The van der Waals surface area contributed by atoms with Crippen LogP contribution in [0.4, 0.5) is 0 Å². The Balaban J connectivity index is 2.29. The molecule has 0 saturated heterocycles. The standard InChI is InChI=1S/C14H13ClN2O4/c15-9-7-12(16-10-4-2-1-3-8(9)10)13(19)17-11(5-6-18)14(20)21/h1-4,7,11,18H,5-6H2,(H,17,19)(H,20,21). The second-order valence-corrected chi connectivity index (χ2v) is 4.79. The lowest BCUT2D eigenvalue weighted by molar-refractivity contribution is -0.139. The van der Waals surface area contributed by atoms with Crippen LogP contribution in [0.25, 0.3) is 10.9 Å². The molecule has 0 bridgehead atoms. The van der Waals surface area contributed by atoms with Gasteiger partial charge in [0.05, 0.1) is 10.5 Å². The van der Waals surface area contributed by atoms with Gasteiger partial charge in [-0.1, -0.05) is 29.8 Å². The number of aromatic nitrogens is 1. The highest BCUT2D eigenvalue weighted by Gasteiger charge is 2.21. The molecule has 0 spiro atoms. The maximum absolute atomic E-state index is 12.1. The number of nitrogens with zero attached hydrogens (tertiary/aromatic N) is 1. The number of amides is 1. The zero-order valence-electron chi connectivity index (χ0n) is 10.9. The largest absolute Gasteiger partial charge is 0.480 e. The van der Waals surface area contributed by atoms with E-state index in [1.807, 2.05) is 0 Å². The highest BCUT2D eigenvalue weighted by atomic mass is 35.5. The number of pyridine rings is 1. The molecular formula is C14H13ClN2O4. The van der Waals surface area contributed by atoms with Gasteiger partial charge in [-0.2, -0.15) is 0 Å². The summed E-state index contributed by atoms with van der Waals surface area (Å²) in [6.07, 6.45) is -0.0810. The lowest BCUT2D eigenvalue weighted by Gasteiger charge is -2.13. The molecule has 1 heterocycles. The number of carboxylic acid groups (broad SMARTS) is 1. The quantitative estimate of drug-likeness (QED) is 0.776. The lowest BCUT2D eigenvalue weighted by atomic mass is 10.1. The van der Waals surface area contributed by atoms with Crippen molar-refractivity contribution in [2.75, 3.05) is 6.61 Å². The van der Waals surface area contributed by atoms with Gasteiger partial charge in [-0.15, -0.1) is 0 Å². The van der Waals surface area contributed by atoms with Crippen molar-refractivity contribution in [1.82, 2.24) is 10.3 Å². The molecule has 1 amide bonds. The number of carbonyl (C=O) groups excluding carboxylic acids is 1. The molecule has 0 radical (unpaired) electrons. The molecule has 110 valence electrons. The van der Waals surface area contributed by atoms with Crippen molar-refractivity contribution >= 4 is 34.4 Å². The van der Waals surface area contributed by atoms with E-state index in [0.29, 0.717) is 15.9 Å². The summed E-state index contributed by atoms with van der Waals surface area (Å²) in [6, 6.07) is 7.26. The van der Waals surface area contributed by atoms with Crippen molar-refractivity contribution in [2.24, 2.45) is 0 Å². The van der Waals surface area contributed by atoms with E-state index in [-0.39, 0.29) is 18.7 Å². The predicted octanol–water partition coefficient (Wildman–Crippen LogP) is 1.45. The normalized spacial score (nSPS) is 12.1. The van der Waals surface area contributed by atoms with E-state index in [2.05, 4.69) is 10.3 Å². The number of aliphatic carboxylic acids is 1. The van der Waals surface area contributed by atoms with E-state index in [1.165, 1.54) is 6.07 Å². The second-order valence-electron chi connectivity index (χ2n) is 4.38. The fourth-order valence-corrected chi connectivity index (χ4v) is 2.13. The number of benzene rings is 1. The average molecular weight is 309 g/mol. The third kappa shape index (κ3) is 3.48. The van der Waals surface area contributed by atoms with E-state index in [9.17, 15) is 9.59 Å². The first kappa shape index (κ1) is 15.2. The maximum Gasteiger partial charge on any atom is 0.326 e. The third-order valence-corrected chi connectivity index (χ3v) is 3.23. The van der Waals surface area contributed by atoms with Gasteiger partial charge in [0.1, 0.15) is 11.7 Å². The summed E-state index contributed by atoms with van der Waals surface area (Å²) in [5, 5.41) is 21.1. The third-order valence-electron chi connectivity index (χ3n) is 2.92. The van der Waals surface area contributed by atoms with Gasteiger partial charge in [-0.3, -0.25) is 4.79 Å². The number of halogens is 1. The van der Waals surface area contributed by atoms with Crippen LogP contribution in [0.2, 0.25) is 5.02 Å². The summed E-state index contributed by atoms with van der Waals surface area (Å²) in [5.41, 5.74) is 0.576. The molecule has 7 heteroatoms. The minimum Gasteiger partial charge on any atom is -0.480 e. The number of aliphatic hydroxyl groups excluding tert-OH is 1. The van der Waals surface area contributed by atoms with Crippen molar-refractivity contribution in [1.29, 1.82) is 0 Å². The Labute approximate surface area is 125 Å². The topological polar surface area (TPSA) is 99.5 Å². The van der Waals surface area contributed by atoms with Crippen LogP contribution in [0, 0.1) is 0 Å². The fourth-order valence-electron chi connectivity index (χ4n) is 1.87. The molecule has 1 unspecified atom stereocenters. The summed E-state index contributed by atoms with van der Waals surface area (Å²) >= 11 is 6.09. The SMILES string of the molecule is O=C(NC(CCO)C(=O)O)c1cc(Cl)c2ccccc2n1. The summed E-state index contributed by atoms with van der Waals surface area (Å²) in [6.45, 7) is -0.344. The van der Waals surface area contributed by atoms with Crippen molar-refractivity contribution in [3.63, 3.8) is 0 Å². The van der Waals surface area contributed by atoms with Crippen LogP contribution in [0.5, 0.6) is 0 Å². The molecule has 21 heavy (non-hydrogen) atoms. The number of hydrogen-bond donors (Lipinski definition) is 3. The Kier molecular flexibility index (Phi) is 4.72. The summed E-state index contributed by atoms with van der Waals surface area (Å²) in [4.78, 5) is 27.2. The molecule has 3 N–H and O–H groups in total. The van der Waals surface area contributed by atoms with Crippen LogP contribution < -0.4 is 5.32 Å². The molecule has 2 rings (SSSR count). The molecule has 6 nitrogen and oxygen atoms in total. The van der Waals surface area contributed by atoms with Crippen molar-refractivity contribution in [3.05, 3.63) is 41.0 Å². The molecule has 1 aromatic carbocycles. The van der Waals surface area contributed by atoms with Gasteiger partial charge in [0.25, 0.3) is 5.91 Å². The van der Waals surface area contributed by atoms with Gasteiger partial charge >= 0.3 is 5.97 Å². The molecule has 0 fully saturated rings. The number of fused-ring (bicyclic) bond motifs is 1. The first-order valence-electron chi connectivity index (χ1n) is 6.22. The van der Waals surface area contributed by atoms with E-state index in [1.54, 1.807) is 24.3 Å². The van der Waals surface area contributed by atoms with Crippen LogP contribution in [0.3, 0.4) is 0 Å². The van der Waals surface area contributed by atoms with E-state index in [0.717, 1.165) is 0 Å². The van der Waals surface area contributed by atoms with Crippen LogP contribution in [-0.2, 0) is 4.79 Å². The molecule has 2 aromatic rings. The summed E-state index contributed by atoms with van der Waals surface area (Å²) in [5.74, 6) is -1.87. The summed E-state index contributed by atoms with van der Waals surface area (Å²) < 4.78 is 0. The minimum absolute atomic E-state index is 0.0305. The molecule has 0 aliphatic heterocycles. The zero-order valence-corrected chi connectivity index (χ0v) is 11.7. The number of aliphatic hydroxyl groups is 1. The monoisotopic (exact) mass is 308 g/mol. The van der Waals surface area contributed by atoms with Gasteiger partial charge in [0.15, 0.2) is 0 Å². The van der Waals surface area contributed by atoms with Gasteiger partial charge in [-0.25, -0.2) is 9.78 Å². The van der Waals surface area contributed by atoms with E-state index >= 15 is 0 Å². The van der Waals surface area contributed by atoms with Crippen LogP contribution in [-0.4, -0.2) is 39.7 Å². The highest BCUT2D eigenvalue weighted by molar-refractivity contribution is 6.35. The number of para-hydroxylation sites is 1. The first-order chi connectivity index (χ1) is 10.0. The maximum atomic E-state index is 12.1. The number of carboxylic acids is 1. The van der Waals surface area contributed by atoms with Gasteiger partial charge in [0.2, 0.25) is 0 Å². The second kappa shape index (κ2) is 6.51. The Morgan fingerprint density at radius 2 is 2.05 bits per heavy atom. The Morgan fingerprint density at radius 3 is 2.71 bits per heavy atom. The molecule has 0 saturated carbocycles. The fraction of sp³-hybridized carbons (Fsp3) is 0.214. The van der Waals surface area contributed by atoms with Gasteiger partial charge in [-0.05, 0) is 12.1 Å². The van der Waals surface area contributed by atoms with Crippen molar-refractivity contribution in [2.45, 2.75) is 12.5 Å². The average Bonchev–Trinajstić information content (AvgIpc) is 2.46. The Bertz CT molecular complexity index is 690. The smallest absolute Gasteiger partial charge is 0.326 e. The van der Waals surface area contributed by atoms with Gasteiger partial charge < -0.3 is 15.5 Å². The minimum atomic E-state index is -1.22. The van der Waals surface area contributed by atoms with Crippen LogP contribution >= 0.6 is 11.6 Å². The number of hydrogen-bond acceptors (Lipinski definition) is 4. The molecule has 1 aromatic heterocycles. The van der Waals surface area contributed by atoms with Gasteiger partial charge in [0, 0.05) is 18.4 Å². The highest BCUT2D eigenvalue weighted by Crippen LogP contribution is 2.22. The van der Waals surface area contributed by atoms with Crippen LogP contribution in [0.1, 0.15) is 16.9 Å². The van der Waals surface area contributed by atoms with Crippen LogP contribution in [0.15, 0.2) is 30.3 Å². The number of carbonyl (C=O) groups is 2. The number of rotatable bonds is 5. The Hall–Kier alpha value is -2.18. The van der Waals surface area contributed by atoms with E-state index in [4.69, 9.17) is 21.8 Å². The molecule has 1 atom stereocenters. The Morgan fingerprint density at radius 1 is 1.33 bits per heavy atom. The molecule has 0 aliphatic carbocycles. The van der Waals surface area contributed by atoms with E-state index < -0.39 is 17.9 Å². The molecule has 0 aliphatic rings. The number of nitrogens with one attached hydrogen (secondary N) is 1. The van der Waals surface area contributed by atoms with Crippen molar-refractivity contribution < 1.29 is 19.8 Å². The lowest BCUT2D eigenvalue weighted by Crippen LogP contribution is -2.41. The predicted molar refractivity (Wildman–Crippen MR) is 77.3 cm³/mol.